The first-order valence-electron chi connectivity index (χ1n) is 10.2. The molecule has 0 spiro atoms. The molecule has 1 aliphatic rings. The van der Waals surface area contributed by atoms with E-state index in [0.717, 1.165) is 20.9 Å². The second-order valence-corrected chi connectivity index (χ2v) is 9.41. The largest absolute Gasteiger partial charge is 0.394 e. The number of nitrogens with zero attached hydrogens (tertiary/aromatic N) is 1. The normalized spacial score (nSPS) is 25.2. The van der Waals surface area contributed by atoms with Crippen LogP contribution in [0.3, 0.4) is 0 Å². The molecule has 6 N–H and O–H groups in total. The van der Waals surface area contributed by atoms with Gasteiger partial charge in [-0.25, -0.2) is 0 Å². The molecule has 33 heavy (non-hydrogen) atoms. The van der Waals surface area contributed by atoms with Crippen LogP contribution in [-0.4, -0.2) is 62.3 Å². The zero-order chi connectivity index (χ0) is 23.7. The van der Waals surface area contributed by atoms with Crippen LogP contribution in [-0.2, 0) is 11.2 Å². The SMILES string of the molecule is NC(=O)c1ccc(-c2ccc(Cc3cc([C@@H]4O[C@H](CO)[C@@H](O)[C@H](O)[C@H]4O)ccc3Cl)s2)cn1. The zero-order valence-corrected chi connectivity index (χ0v) is 18.9. The third-order valence-electron chi connectivity index (χ3n) is 5.62. The number of primary amides is 1. The highest BCUT2D eigenvalue weighted by Crippen LogP contribution is 2.35. The summed E-state index contributed by atoms with van der Waals surface area (Å²) in [5.74, 6) is -0.581. The predicted octanol–water partition coefficient (Wildman–Crippen LogP) is 1.67. The molecule has 1 amide bonds. The summed E-state index contributed by atoms with van der Waals surface area (Å²) in [6, 6.07) is 12.5. The van der Waals surface area contributed by atoms with Crippen molar-refractivity contribution in [3.63, 3.8) is 0 Å². The number of carbonyl (C=O) groups excluding carboxylic acids is 1. The van der Waals surface area contributed by atoms with Crippen LogP contribution in [0.2, 0.25) is 5.02 Å². The fourth-order valence-electron chi connectivity index (χ4n) is 3.79. The maximum atomic E-state index is 11.2. The van der Waals surface area contributed by atoms with Crippen molar-refractivity contribution in [1.82, 2.24) is 4.98 Å². The number of thiophene rings is 1. The lowest BCUT2D eigenvalue weighted by molar-refractivity contribution is -0.231. The molecule has 2 aromatic heterocycles. The molecule has 174 valence electrons. The Labute approximate surface area is 198 Å². The van der Waals surface area contributed by atoms with Crippen molar-refractivity contribution < 1.29 is 30.0 Å². The first-order chi connectivity index (χ1) is 15.8. The summed E-state index contributed by atoms with van der Waals surface area (Å²) in [7, 11) is 0. The monoisotopic (exact) mass is 490 g/mol. The molecule has 1 aromatic carbocycles. The Morgan fingerprint density at radius 1 is 1.09 bits per heavy atom. The van der Waals surface area contributed by atoms with Gasteiger partial charge < -0.3 is 30.9 Å². The minimum atomic E-state index is -1.45. The molecule has 0 radical (unpaired) electrons. The Morgan fingerprint density at radius 2 is 1.88 bits per heavy atom. The second-order valence-electron chi connectivity index (χ2n) is 7.84. The molecule has 0 aliphatic carbocycles. The van der Waals surface area contributed by atoms with Gasteiger partial charge in [-0.05, 0) is 41.5 Å². The highest BCUT2D eigenvalue weighted by atomic mass is 35.5. The molecule has 3 aromatic rings. The molecule has 4 rings (SSSR count). The van der Waals surface area contributed by atoms with E-state index in [-0.39, 0.29) is 5.69 Å². The summed E-state index contributed by atoms with van der Waals surface area (Å²) in [5.41, 5.74) is 7.67. The summed E-state index contributed by atoms with van der Waals surface area (Å²) in [6.45, 7) is -0.491. The Bertz CT molecular complexity index is 1140. The summed E-state index contributed by atoms with van der Waals surface area (Å²) in [6.07, 6.45) is -4.02. The minimum Gasteiger partial charge on any atom is -0.394 e. The van der Waals surface area contributed by atoms with Crippen molar-refractivity contribution in [1.29, 1.82) is 0 Å². The number of aliphatic hydroxyl groups excluding tert-OH is 4. The average molecular weight is 491 g/mol. The molecule has 8 nitrogen and oxygen atoms in total. The maximum absolute atomic E-state index is 11.2. The van der Waals surface area contributed by atoms with E-state index in [4.69, 9.17) is 22.1 Å². The van der Waals surface area contributed by atoms with Crippen LogP contribution in [0.4, 0.5) is 0 Å². The van der Waals surface area contributed by atoms with Gasteiger partial charge in [0, 0.05) is 33.0 Å². The summed E-state index contributed by atoms with van der Waals surface area (Å²) >= 11 is 7.97. The predicted molar refractivity (Wildman–Crippen MR) is 123 cm³/mol. The van der Waals surface area contributed by atoms with E-state index >= 15 is 0 Å². The molecule has 1 fully saturated rings. The first kappa shape index (κ1) is 23.8. The van der Waals surface area contributed by atoms with Crippen LogP contribution in [0.25, 0.3) is 10.4 Å². The van der Waals surface area contributed by atoms with Crippen LogP contribution in [0.5, 0.6) is 0 Å². The van der Waals surface area contributed by atoms with Crippen molar-refractivity contribution in [2.75, 3.05) is 6.61 Å². The highest BCUT2D eigenvalue weighted by Gasteiger charge is 2.44. The van der Waals surface area contributed by atoms with Gasteiger partial charge in [-0.15, -0.1) is 11.3 Å². The summed E-state index contributed by atoms with van der Waals surface area (Å²) < 4.78 is 5.66. The summed E-state index contributed by atoms with van der Waals surface area (Å²) in [5, 5.41) is 40.5. The molecule has 0 bridgehead atoms. The fraction of sp³-hybridized carbons (Fsp3) is 0.304. The Kier molecular flexibility index (Phi) is 7.10. The molecule has 1 saturated heterocycles. The van der Waals surface area contributed by atoms with Crippen LogP contribution in [0.1, 0.15) is 32.6 Å². The number of benzene rings is 1. The van der Waals surface area contributed by atoms with Crippen molar-refractivity contribution in [2.24, 2.45) is 5.73 Å². The van der Waals surface area contributed by atoms with Gasteiger partial charge in [0.25, 0.3) is 5.91 Å². The smallest absolute Gasteiger partial charge is 0.267 e. The number of nitrogens with two attached hydrogens (primary N) is 1. The molecule has 10 heteroatoms. The number of carbonyl (C=O) groups is 1. The van der Waals surface area contributed by atoms with E-state index in [9.17, 15) is 25.2 Å². The zero-order valence-electron chi connectivity index (χ0n) is 17.3. The quantitative estimate of drug-likeness (QED) is 0.353. The van der Waals surface area contributed by atoms with E-state index in [1.165, 1.54) is 0 Å². The lowest BCUT2D eigenvalue weighted by atomic mass is 9.90. The number of aromatic nitrogens is 1. The lowest BCUT2D eigenvalue weighted by Crippen LogP contribution is -2.55. The Balaban J connectivity index is 1.55. The van der Waals surface area contributed by atoms with Gasteiger partial charge in [-0.1, -0.05) is 23.7 Å². The standard InChI is InChI=1S/C23H23ClN2O6S/c24-15-4-1-11(22-21(30)20(29)19(28)17(10-27)32-22)7-13(15)8-14-3-6-18(33-14)12-2-5-16(23(25)31)26-9-12/h1-7,9,17,19-22,27-30H,8,10H2,(H2,25,31)/t17-,19-,20+,21-,22+/m1/s1. The number of rotatable bonds is 6. The number of hydrogen-bond acceptors (Lipinski definition) is 8. The molecule has 3 heterocycles. The number of pyridine rings is 1. The Hall–Kier alpha value is -2.37. The van der Waals surface area contributed by atoms with Crippen LogP contribution < -0.4 is 5.73 Å². The average Bonchev–Trinajstić information content (AvgIpc) is 3.28. The van der Waals surface area contributed by atoms with Gasteiger partial charge in [0.15, 0.2) is 0 Å². The third-order valence-corrected chi connectivity index (χ3v) is 7.12. The van der Waals surface area contributed by atoms with Gasteiger partial charge in [-0.2, -0.15) is 0 Å². The summed E-state index contributed by atoms with van der Waals surface area (Å²) in [4.78, 5) is 17.3. The molecular formula is C23H23ClN2O6S. The topological polar surface area (TPSA) is 146 Å². The van der Waals surface area contributed by atoms with E-state index in [2.05, 4.69) is 4.98 Å². The van der Waals surface area contributed by atoms with Gasteiger partial charge in [0.1, 0.15) is 36.2 Å². The minimum absolute atomic E-state index is 0.201. The van der Waals surface area contributed by atoms with Crippen molar-refractivity contribution in [3.8, 4) is 10.4 Å². The van der Waals surface area contributed by atoms with Crippen molar-refractivity contribution >= 4 is 28.8 Å². The fourth-order valence-corrected chi connectivity index (χ4v) is 4.99. The molecule has 1 aliphatic heterocycles. The number of amides is 1. The van der Waals surface area contributed by atoms with Crippen LogP contribution in [0, 0.1) is 0 Å². The Morgan fingerprint density at radius 3 is 2.55 bits per heavy atom. The number of hydrogen-bond donors (Lipinski definition) is 5. The van der Waals surface area contributed by atoms with E-state index < -0.39 is 43.0 Å². The van der Waals surface area contributed by atoms with E-state index in [0.29, 0.717) is 17.0 Å². The van der Waals surface area contributed by atoms with Gasteiger partial charge >= 0.3 is 0 Å². The maximum Gasteiger partial charge on any atom is 0.267 e. The van der Waals surface area contributed by atoms with Gasteiger partial charge in [-0.3, -0.25) is 9.78 Å². The number of halogens is 1. The molecule has 0 unspecified atom stereocenters. The third kappa shape index (κ3) is 4.95. The van der Waals surface area contributed by atoms with Gasteiger partial charge in [0.05, 0.1) is 6.61 Å². The van der Waals surface area contributed by atoms with E-state index in [1.807, 2.05) is 12.1 Å². The first-order valence-corrected chi connectivity index (χ1v) is 11.4. The van der Waals surface area contributed by atoms with Crippen LogP contribution >= 0.6 is 22.9 Å². The van der Waals surface area contributed by atoms with Crippen molar-refractivity contribution in [3.05, 3.63) is 75.4 Å². The molecule has 0 saturated carbocycles. The highest BCUT2D eigenvalue weighted by molar-refractivity contribution is 7.15. The van der Waals surface area contributed by atoms with E-state index in [1.54, 1.807) is 47.9 Å². The molecule has 5 atom stereocenters. The van der Waals surface area contributed by atoms with Gasteiger partial charge in [0.2, 0.25) is 0 Å². The van der Waals surface area contributed by atoms with Crippen LogP contribution in [0.15, 0.2) is 48.7 Å². The lowest BCUT2D eigenvalue weighted by Gasteiger charge is -2.40. The molecular weight excluding hydrogens is 468 g/mol. The number of ether oxygens (including phenoxy) is 1. The number of aliphatic hydroxyl groups is 4. The van der Waals surface area contributed by atoms with Crippen molar-refractivity contribution in [2.45, 2.75) is 36.9 Å². The second kappa shape index (κ2) is 9.86.